The smallest absolute Gasteiger partial charge is 0.0376 e. The van der Waals surface area contributed by atoms with Crippen molar-refractivity contribution in [3.63, 3.8) is 0 Å². The van der Waals surface area contributed by atoms with Crippen molar-refractivity contribution in [1.82, 2.24) is 0 Å². The van der Waals surface area contributed by atoms with Gasteiger partial charge >= 0.3 is 0 Å². The van der Waals surface area contributed by atoms with Crippen LogP contribution in [-0.2, 0) is 0 Å². The largest absolute Gasteiger partial charge is 0.262 e. The summed E-state index contributed by atoms with van der Waals surface area (Å²) in [5.41, 5.74) is 0. The highest BCUT2D eigenvalue weighted by atomic mass is 32.2. The van der Waals surface area contributed by atoms with Crippen LogP contribution in [0.2, 0.25) is 0 Å². The Morgan fingerprint density at radius 3 is 1.00 bits per heavy atom. The average molecular weight is 78.2 g/mol. The predicted octanol–water partition coefficient (Wildman–Crippen LogP) is 0.877. The molecule has 0 heterocycles. The minimum absolute atomic E-state index is 0.380. The molecule has 0 saturated carbocycles. The Hall–Kier alpha value is 0.350. The Balaban J connectivity index is 2.32. The second kappa shape index (κ2) is 1.65. The normalized spacial score (nSPS) is 11.2. The summed E-state index contributed by atoms with van der Waals surface area (Å²) >= 11 is 0. The highest BCUT2D eigenvalue weighted by Gasteiger charge is 1.59. The van der Waals surface area contributed by atoms with E-state index < -0.39 is 0 Å². The maximum absolute atomic E-state index is 2.23. The van der Waals surface area contributed by atoms with E-state index in [4.69, 9.17) is 0 Å². The van der Waals surface area contributed by atoms with Gasteiger partial charge in [-0.25, -0.2) is 0 Å². The molecule has 0 aromatic rings. The summed E-state index contributed by atoms with van der Waals surface area (Å²) in [6, 6.07) is 0. The summed E-state index contributed by atoms with van der Waals surface area (Å²) in [7, 11) is 0.380. The van der Waals surface area contributed by atoms with Crippen molar-refractivity contribution in [2.24, 2.45) is 0 Å². The lowest BCUT2D eigenvalue weighted by atomic mass is 11.9. The fourth-order valence-electron chi connectivity index (χ4n) is 0. The van der Waals surface area contributed by atoms with Crippen LogP contribution in [-0.4, -0.2) is 18.8 Å². The van der Waals surface area contributed by atoms with Gasteiger partial charge in [-0.2, -0.15) is 0 Å². The molecule has 0 aromatic carbocycles. The summed E-state index contributed by atoms with van der Waals surface area (Å²) < 4.78 is 0. The lowest BCUT2D eigenvalue weighted by Gasteiger charge is -1.88. The first kappa shape index (κ1) is 4.35. The van der Waals surface area contributed by atoms with Crippen molar-refractivity contribution in [1.29, 1.82) is 0 Å². The Morgan fingerprint density at radius 2 is 1.00 bits per heavy atom. The van der Waals surface area contributed by atoms with E-state index in [2.05, 4.69) is 18.8 Å². The van der Waals surface area contributed by atoms with E-state index in [0.29, 0.717) is 10.9 Å². The Morgan fingerprint density at radius 1 is 1.00 bits per heavy atom. The van der Waals surface area contributed by atoms with Crippen LogP contribution < -0.4 is 0 Å². The van der Waals surface area contributed by atoms with Gasteiger partial charge in [0.2, 0.25) is 0 Å². The molecule has 0 aliphatic rings. The first-order valence-electron chi connectivity index (χ1n) is 1.34. The van der Waals surface area contributed by atoms with Crippen molar-refractivity contribution < 1.29 is 0 Å². The SMILES string of the molecule is C[SH](C)C. The van der Waals surface area contributed by atoms with Gasteiger partial charge in [-0.1, -0.05) is 0 Å². The van der Waals surface area contributed by atoms with Gasteiger partial charge in [0.05, 0.1) is 0 Å². The molecule has 0 nitrogen and oxygen atoms in total. The third kappa shape index (κ3) is 35.0. The number of thiol groups is 1. The average Bonchev–Trinajstić information content (AvgIpc) is 0.811. The van der Waals surface area contributed by atoms with E-state index in [9.17, 15) is 0 Å². The van der Waals surface area contributed by atoms with Crippen LogP contribution in [0.15, 0.2) is 0 Å². The summed E-state index contributed by atoms with van der Waals surface area (Å²) in [5, 5.41) is 0. The molecule has 0 aromatic heterocycles. The molecule has 0 amide bonds. The molecule has 0 saturated heterocycles. The van der Waals surface area contributed by atoms with Gasteiger partial charge in [-0.3, -0.25) is 10.9 Å². The third-order valence-electron chi connectivity index (χ3n) is 0. The number of hydrogen-bond acceptors (Lipinski definition) is 0. The van der Waals surface area contributed by atoms with Gasteiger partial charge in [0, 0.05) is 0 Å². The highest BCUT2D eigenvalue weighted by Crippen LogP contribution is 2.01. The van der Waals surface area contributed by atoms with E-state index >= 15 is 0 Å². The minimum atomic E-state index is 0.380. The van der Waals surface area contributed by atoms with E-state index in [0.717, 1.165) is 0 Å². The van der Waals surface area contributed by atoms with Gasteiger partial charge in [0.1, 0.15) is 0 Å². The molecule has 0 unspecified atom stereocenters. The summed E-state index contributed by atoms with van der Waals surface area (Å²) in [6.45, 7) is 0. The van der Waals surface area contributed by atoms with Crippen LogP contribution in [0.25, 0.3) is 0 Å². The minimum Gasteiger partial charge on any atom is -0.262 e. The summed E-state index contributed by atoms with van der Waals surface area (Å²) in [6.07, 6.45) is 6.69. The van der Waals surface area contributed by atoms with Gasteiger partial charge in [-0.05, 0) is 18.8 Å². The maximum Gasteiger partial charge on any atom is -0.0376 e. The standard InChI is InChI=1S/C3H10S/c1-4(2)3/h4H,1-3H3. The maximum atomic E-state index is 2.23. The quantitative estimate of drug-likeness (QED) is 0.408. The van der Waals surface area contributed by atoms with Crippen molar-refractivity contribution in [3.05, 3.63) is 0 Å². The van der Waals surface area contributed by atoms with Crippen LogP contribution in [0.4, 0.5) is 0 Å². The molecule has 0 aliphatic carbocycles. The highest BCUT2D eigenvalue weighted by molar-refractivity contribution is 8.15. The first-order valence-corrected chi connectivity index (χ1v) is 4.02. The molecule has 0 bridgehead atoms. The predicted molar refractivity (Wildman–Crippen MR) is 26.8 cm³/mol. The molecule has 0 spiro atoms. The lowest BCUT2D eigenvalue weighted by molar-refractivity contribution is 2.20. The van der Waals surface area contributed by atoms with E-state index in [1.54, 1.807) is 0 Å². The fourth-order valence-corrected chi connectivity index (χ4v) is 0. The number of rotatable bonds is 0. The zero-order valence-electron chi connectivity index (χ0n) is 3.45. The molecule has 28 valence electrons. The summed E-state index contributed by atoms with van der Waals surface area (Å²) in [5.74, 6) is 0. The van der Waals surface area contributed by atoms with E-state index in [1.807, 2.05) is 0 Å². The summed E-state index contributed by atoms with van der Waals surface area (Å²) in [4.78, 5) is 0. The molecule has 4 heavy (non-hydrogen) atoms. The molecule has 0 aliphatic heterocycles. The Labute approximate surface area is 30.6 Å². The topological polar surface area (TPSA) is 0 Å². The number of hydrogen-bond donors (Lipinski definition) is 1. The molecular weight excluding hydrogens is 68.1 g/mol. The van der Waals surface area contributed by atoms with Crippen molar-refractivity contribution >= 4 is 10.9 Å². The van der Waals surface area contributed by atoms with Gasteiger partial charge in [0.25, 0.3) is 0 Å². The van der Waals surface area contributed by atoms with Crippen LogP contribution in [0.3, 0.4) is 0 Å². The Bertz CT molecular complexity index is 8.00. The third-order valence-corrected chi connectivity index (χ3v) is 0. The second-order valence-corrected chi connectivity index (χ2v) is 4.02. The van der Waals surface area contributed by atoms with Crippen molar-refractivity contribution in [3.8, 4) is 0 Å². The zero-order valence-corrected chi connectivity index (χ0v) is 4.34. The molecule has 0 N–H and O–H groups in total. The van der Waals surface area contributed by atoms with E-state index in [1.165, 1.54) is 0 Å². The van der Waals surface area contributed by atoms with Gasteiger partial charge < -0.3 is 0 Å². The molecule has 1 heteroatoms. The molecule has 0 atom stereocenters. The zero-order chi connectivity index (χ0) is 3.58. The second-order valence-electron chi connectivity index (χ2n) is 1.34. The van der Waals surface area contributed by atoms with Crippen molar-refractivity contribution in [2.75, 3.05) is 18.8 Å². The van der Waals surface area contributed by atoms with Crippen LogP contribution in [0, 0.1) is 0 Å². The molecule has 0 radical (unpaired) electrons. The molecule has 0 rings (SSSR count). The monoisotopic (exact) mass is 78.1 g/mol. The fraction of sp³-hybridized carbons (Fsp3) is 1.00. The van der Waals surface area contributed by atoms with Gasteiger partial charge in [0.15, 0.2) is 0 Å². The lowest BCUT2D eigenvalue weighted by Crippen LogP contribution is -1.56. The van der Waals surface area contributed by atoms with E-state index in [-0.39, 0.29) is 0 Å². The Kier molecular flexibility index (Phi) is 1.79. The molecule has 0 fully saturated rings. The van der Waals surface area contributed by atoms with Crippen LogP contribution in [0.5, 0.6) is 0 Å². The van der Waals surface area contributed by atoms with Crippen molar-refractivity contribution in [2.45, 2.75) is 0 Å². The van der Waals surface area contributed by atoms with Crippen LogP contribution in [0.1, 0.15) is 0 Å². The van der Waals surface area contributed by atoms with Crippen LogP contribution >= 0.6 is 10.9 Å². The van der Waals surface area contributed by atoms with Gasteiger partial charge in [-0.15, -0.1) is 0 Å². The first-order chi connectivity index (χ1) is 1.73. The molecular formula is C3H10S.